The van der Waals surface area contributed by atoms with Crippen LogP contribution in [0.1, 0.15) is 13.8 Å². The van der Waals surface area contributed by atoms with Gasteiger partial charge in [-0.05, 0) is 36.4 Å². The van der Waals surface area contributed by atoms with Gasteiger partial charge in [0, 0.05) is 11.9 Å². The van der Waals surface area contributed by atoms with Crippen molar-refractivity contribution in [2.45, 2.75) is 13.8 Å². The zero-order valence-corrected chi connectivity index (χ0v) is 7.14. The number of aliphatic imine (C=N–C) groups is 1. The number of allylic oxidation sites excluding steroid dienone is 1. The summed E-state index contributed by atoms with van der Waals surface area (Å²) in [6, 6.07) is 0. The van der Waals surface area contributed by atoms with E-state index in [-0.39, 0.29) is 0 Å². The maximum atomic E-state index is 5.29. The van der Waals surface area contributed by atoms with Gasteiger partial charge < -0.3 is 5.73 Å². The molecule has 0 aromatic rings. The van der Waals surface area contributed by atoms with E-state index in [9.17, 15) is 0 Å². The summed E-state index contributed by atoms with van der Waals surface area (Å²) in [5, 5.41) is 0. The molecule has 0 unspecified atom stereocenters. The third kappa shape index (κ3) is 5.94. The van der Waals surface area contributed by atoms with Crippen molar-refractivity contribution in [3.8, 4) is 0 Å². The van der Waals surface area contributed by atoms with E-state index < -0.39 is 0 Å². The second kappa shape index (κ2) is 3.88. The van der Waals surface area contributed by atoms with Crippen LogP contribution in [0.25, 0.3) is 0 Å². The lowest BCUT2D eigenvalue weighted by molar-refractivity contribution is 1.28. The summed E-state index contributed by atoms with van der Waals surface area (Å²) in [4.78, 5) is 3.94. The number of rotatable bonds is 1. The molecular formula is C5H9IN2. The monoisotopic (exact) mass is 224 g/mol. The van der Waals surface area contributed by atoms with Crippen LogP contribution in [0.4, 0.5) is 0 Å². The maximum absolute atomic E-state index is 5.29. The van der Waals surface area contributed by atoms with Gasteiger partial charge >= 0.3 is 0 Å². The lowest BCUT2D eigenvalue weighted by atomic mass is 10.6. The quantitative estimate of drug-likeness (QED) is 0.533. The number of halogens is 1. The Morgan fingerprint density at radius 2 is 2.12 bits per heavy atom. The van der Waals surface area contributed by atoms with Gasteiger partial charge in [-0.15, -0.1) is 0 Å². The van der Waals surface area contributed by atoms with Crippen LogP contribution < -0.4 is 5.73 Å². The molecule has 0 fully saturated rings. The van der Waals surface area contributed by atoms with Crippen molar-refractivity contribution in [1.29, 1.82) is 0 Å². The highest BCUT2D eigenvalue weighted by Gasteiger charge is 1.74. The molecule has 0 spiro atoms. The average Bonchev–Trinajstić information content (AvgIpc) is 1.61. The molecule has 0 heterocycles. The molecule has 0 aromatic carbocycles. The van der Waals surface area contributed by atoms with Crippen LogP contribution >= 0.6 is 22.6 Å². The fraction of sp³-hybridized carbons (Fsp3) is 0.400. The minimum absolute atomic E-state index is 0.737. The molecule has 3 heteroatoms. The SMILES string of the molecule is C/C(N)=C/N=C(/C)I. The second-order valence-electron chi connectivity index (χ2n) is 1.50. The van der Waals surface area contributed by atoms with Gasteiger partial charge in [-0.3, -0.25) is 4.99 Å². The van der Waals surface area contributed by atoms with Crippen molar-refractivity contribution in [1.82, 2.24) is 0 Å². The standard InChI is InChI=1S/C5H9IN2/c1-4(7)3-8-5(2)6/h3H,7H2,1-2H3/b4-3-,8-5-. The molecule has 0 amide bonds. The summed E-state index contributed by atoms with van der Waals surface area (Å²) in [6.07, 6.45) is 1.64. The van der Waals surface area contributed by atoms with Crippen LogP contribution in [-0.2, 0) is 0 Å². The van der Waals surface area contributed by atoms with Gasteiger partial charge in [-0.25, -0.2) is 0 Å². The molecular weight excluding hydrogens is 215 g/mol. The Morgan fingerprint density at radius 3 is 2.25 bits per heavy atom. The van der Waals surface area contributed by atoms with Crippen molar-refractivity contribution in [2.75, 3.05) is 0 Å². The first kappa shape index (κ1) is 7.94. The molecule has 8 heavy (non-hydrogen) atoms. The predicted octanol–water partition coefficient (Wildman–Crippen LogP) is 1.66. The number of nitrogens with two attached hydrogens (primary N) is 1. The molecule has 2 nitrogen and oxygen atoms in total. The molecule has 0 aromatic heterocycles. The molecule has 0 saturated heterocycles. The summed E-state index contributed by atoms with van der Waals surface area (Å²) < 4.78 is 0.993. The van der Waals surface area contributed by atoms with Crippen LogP contribution in [0, 0.1) is 0 Å². The van der Waals surface area contributed by atoms with Crippen LogP contribution in [0.2, 0.25) is 0 Å². The summed E-state index contributed by atoms with van der Waals surface area (Å²) in [7, 11) is 0. The van der Waals surface area contributed by atoms with Crippen LogP contribution in [-0.4, -0.2) is 3.72 Å². The molecule has 0 bridgehead atoms. The molecule has 0 aliphatic rings. The van der Waals surface area contributed by atoms with Gasteiger partial charge in [0.25, 0.3) is 0 Å². The van der Waals surface area contributed by atoms with Gasteiger partial charge in [0.1, 0.15) is 0 Å². The third-order valence-corrected chi connectivity index (χ3v) is 0.725. The van der Waals surface area contributed by atoms with E-state index in [1.165, 1.54) is 0 Å². The molecule has 0 aliphatic carbocycles. The van der Waals surface area contributed by atoms with Gasteiger partial charge in [0.2, 0.25) is 0 Å². The Morgan fingerprint density at radius 1 is 1.62 bits per heavy atom. The average molecular weight is 224 g/mol. The molecule has 0 saturated carbocycles. The number of hydrogen-bond donors (Lipinski definition) is 1. The number of nitrogens with zero attached hydrogens (tertiary/aromatic N) is 1. The number of hydrogen-bond acceptors (Lipinski definition) is 2. The van der Waals surface area contributed by atoms with E-state index in [0.29, 0.717) is 0 Å². The van der Waals surface area contributed by atoms with Gasteiger partial charge in [-0.2, -0.15) is 0 Å². The first-order valence-corrected chi connectivity index (χ1v) is 3.33. The Labute approximate surface area is 63.0 Å². The van der Waals surface area contributed by atoms with E-state index in [2.05, 4.69) is 27.6 Å². The van der Waals surface area contributed by atoms with Crippen molar-refractivity contribution in [3.63, 3.8) is 0 Å². The normalized spacial score (nSPS) is 14.4. The zero-order chi connectivity index (χ0) is 6.57. The van der Waals surface area contributed by atoms with Crippen LogP contribution in [0.15, 0.2) is 16.9 Å². The van der Waals surface area contributed by atoms with Crippen molar-refractivity contribution in [3.05, 3.63) is 11.9 Å². The summed E-state index contributed by atoms with van der Waals surface area (Å²) >= 11 is 2.13. The van der Waals surface area contributed by atoms with E-state index in [0.717, 1.165) is 9.42 Å². The first-order valence-electron chi connectivity index (χ1n) is 2.25. The van der Waals surface area contributed by atoms with Crippen LogP contribution in [0.3, 0.4) is 0 Å². The maximum Gasteiger partial charge on any atom is 0.0753 e. The van der Waals surface area contributed by atoms with Crippen LogP contribution in [0.5, 0.6) is 0 Å². The fourth-order valence-corrected chi connectivity index (χ4v) is 0.330. The van der Waals surface area contributed by atoms with Crippen molar-refractivity contribution >= 4 is 26.3 Å². The van der Waals surface area contributed by atoms with E-state index >= 15 is 0 Å². The Bertz CT molecular complexity index is 102. The van der Waals surface area contributed by atoms with Crippen molar-refractivity contribution < 1.29 is 0 Å². The second-order valence-corrected chi connectivity index (χ2v) is 3.06. The highest BCUT2D eigenvalue weighted by molar-refractivity contribution is 14.1. The molecule has 2 N–H and O–H groups in total. The predicted molar refractivity (Wildman–Crippen MR) is 45.1 cm³/mol. The lowest BCUT2D eigenvalue weighted by Crippen LogP contribution is -1.88. The molecule has 0 atom stereocenters. The highest BCUT2D eigenvalue weighted by Crippen LogP contribution is 1.90. The lowest BCUT2D eigenvalue weighted by Gasteiger charge is -1.83. The Hall–Kier alpha value is -0.0600. The third-order valence-electron chi connectivity index (χ3n) is 0.446. The smallest absolute Gasteiger partial charge is 0.0753 e. The van der Waals surface area contributed by atoms with Gasteiger partial charge in [-0.1, -0.05) is 0 Å². The highest BCUT2D eigenvalue weighted by atomic mass is 127. The van der Waals surface area contributed by atoms with E-state index in [1.807, 2.05) is 13.8 Å². The first-order chi connectivity index (χ1) is 3.63. The minimum atomic E-state index is 0.737. The van der Waals surface area contributed by atoms with Gasteiger partial charge in [0.15, 0.2) is 0 Å². The van der Waals surface area contributed by atoms with Crippen molar-refractivity contribution in [2.24, 2.45) is 10.7 Å². The summed E-state index contributed by atoms with van der Waals surface area (Å²) in [5.41, 5.74) is 6.03. The molecule has 0 radical (unpaired) electrons. The Kier molecular flexibility index (Phi) is 3.85. The largest absolute Gasteiger partial charge is 0.401 e. The molecule has 0 rings (SSSR count). The summed E-state index contributed by atoms with van der Waals surface area (Å²) in [5.74, 6) is 0. The Balaban J connectivity index is 3.76. The van der Waals surface area contributed by atoms with E-state index in [1.54, 1.807) is 6.20 Å². The topological polar surface area (TPSA) is 38.4 Å². The van der Waals surface area contributed by atoms with E-state index in [4.69, 9.17) is 5.73 Å². The fourth-order valence-electron chi connectivity index (χ4n) is 0.191. The molecule has 0 aliphatic heterocycles. The summed E-state index contributed by atoms with van der Waals surface area (Å²) in [6.45, 7) is 3.73. The minimum Gasteiger partial charge on any atom is -0.401 e. The molecule has 46 valence electrons. The van der Waals surface area contributed by atoms with Gasteiger partial charge in [0.05, 0.1) is 3.72 Å². The zero-order valence-electron chi connectivity index (χ0n) is 4.98.